The zero-order chi connectivity index (χ0) is 14.7. The van der Waals surface area contributed by atoms with Crippen molar-refractivity contribution in [3.05, 3.63) is 32.4 Å². The van der Waals surface area contributed by atoms with Crippen molar-refractivity contribution in [2.24, 2.45) is 0 Å². The number of nitrogens with zero attached hydrogens (tertiary/aromatic N) is 2. The molecule has 20 heavy (non-hydrogen) atoms. The quantitative estimate of drug-likeness (QED) is 0.802. The second-order valence-electron chi connectivity index (χ2n) is 4.61. The van der Waals surface area contributed by atoms with E-state index in [9.17, 15) is 14.7 Å². The van der Waals surface area contributed by atoms with Gasteiger partial charge in [0.05, 0.1) is 21.8 Å². The molecule has 0 saturated heterocycles. The summed E-state index contributed by atoms with van der Waals surface area (Å²) in [7, 11) is 0. The SMILES string of the molecule is CCCCC(=O)Cn1cnc2c(O)c(I)ccc2c1=O. The van der Waals surface area contributed by atoms with Crippen LogP contribution in [0.5, 0.6) is 5.75 Å². The van der Waals surface area contributed by atoms with Crippen molar-refractivity contribution in [1.29, 1.82) is 0 Å². The van der Waals surface area contributed by atoms with Crippen LogP contribution < -0.4 is 5.56 Å². The molecule has 1 aromatic heterocycles. The lowest BCUT2D eigenvalue weighted by atomic mass is 10.2. The first-order chi connectivity index (χ1) is 9.54. The summed E-state index contributed by atoms with van der Waals surface area (Å²) in [6.45, 7) is 2.05. The van der Waals surface area contributed by atoms with Crippen molar-refractivity contribution in [2.75, 3.05) is 0 Å². The maximum atomic E-state index is 12.3. The predicted octanol–water partition coefficient (Wildman–Crippen LogP) is 2.47. The molecule has 0 fully saturated rings. The lowest BCUT2D eigenvalue weighted by Crippen LogP contribution is -2.24. The largest absolute Gasteiger partial charge is 0.505 e. The molecule has 5 nitrogen and oxygen atoms in total. The standard InChI is InChI=1S/C14H15IN2O3/c1-2-3-4-9(18)7-17-8-16-12-10(14(17)20)5-6-11(15)13(12)19/h5-6,8,19H,2-4,7H2,1H3. The molecule has 0 bridgehead atoms. The maximum Gasteiger partial charge on any atom is 0.261 e. The number of benzene rings is 1. The van der Waals surface area contributed by atoms with Crippen molar-refractivity contribution in [3.8, 4) is 5.75 Å². The molecule has 0 amide bonds. The van der Waals surface area contributed by atoms with Gasteiger partial charge in [-0.15, -0.1) is 0 Å². The number of rotatable bonds is 5. The third-order valence-electron chi connectivity index (χ3n) is 3.08. The summed E-state index contributed by atoms with van der Waals surface area (Å²) in [6, 6.07) is 3.28. The highest BCUT2D eigenvalue weighted by molar-refractivity contribution is 14.1. The molecule has 6 heteroatoms. The molecule has 1 aromatic carbocycles. The van der Waals surface area contributed by atoms with Gasteiger partial charge in [-0.3, -0.25) is 14.2 Å². The first-order valence-electron chi connectivity index (χ1n) is 6.43. The van der Waals surface area contributed by atoms with Crippen molar-refractivity contribution in [1.82, 2.24) is 9.55 Å². The molecule has 0 saturated carbocycles. The van der Waals surface area contributed by atoms with Gasteiger partial charge < -0.3 is 5.11 Å². The number of hydrogen-bond donors (Lipinski definition) is 1. The second-order valence-corrected chi connectivity index (χ2v) is 5.77. The fraction of sp³-hybridized carbons (Fsp3) is 0.357. The monoisotopic (exact) mass is 386 g/mol. The van der Waals surface area contributed by atoms with Crippen molar-refractivity contribution in [2.45, 2.75) is 32.7 Å². The van der Waals surface area contributed by atoms with Crippen LogP contribution in [0.3, 0.4) is 0 Å². The molecular formula is C14H15IN2O3. The Morgan fingerprint density at radius 1 is 1.45 bits per heavy atom. The van der Waals surface area contributed by atoms with E-state index in [1.165, 1.54) is 10.9 Å². The number of aromatic nitrogens is 2. The van der Waals surface area contributed by atoms with Gasteiger partial charge in [-0.1, -0.05) is 13.3 Å². The summed E-state index contributed by atoms with van der Waals surface area (Å²) in [6.07, 6.45) is 3.57. The molecule has 106 valence electrons. The fourth-order valence-corrected chi connectivity index (χ4v) is 2.38. The normalized spacial score (nSPS) is 10.9. The maximum absolute atomic E-state index is 12.3. The summed E-state index contributed by atoms with van der Waals surface area (Å²) in [5.41, 5.74) is -0.0225. The van der Waals surface area contributed by atoms with Gasteiger partial charge in [0, 0.05) is 6.42 Å². The Morgan fingerprint density at radius 2 is 2.20 bits per heavy atom. The number of ketones is 1. The highest BCUT2D eigenvalue weighted by Crippen LogP contribution is 2.25. The average Bonchev–Trinajstić information content (AvgIpc) is 2.43. The first-order valence-corrected chi connectivity index (χ1v) is 7.50. The van der Waals surface area contributed by atoms with Crippen LogP contribution in [0.25, 0.3) is 10.9 Å². The van der Waals surface area contributed by atoms with Gasteiger partial charge in [-0.05, 0) is 41.1 Å². The third kappa shape index (κ3) is 3.00. The lowest BCUT2D eigenvalue weighted by molar-refractivity contribution is -0.119. The molecule has 2 rings (SSSR count). The molecule has 0 atom stereocenters. The number of hydrogen-bond acceptors (Lipinski definition) is 4. The van der Waals surface area contributed by atoms with Crippen LogP contribution in [0.2, 0.25) is 0 Å². The second kappa shape index (κ2) is 6.34. The number of phenolic OH excluding ortho intramolecular Hbond substituents is 1. The van der Waals surface area contributed by atoms with Gasteiger partial charge in [0.25, 0.3) is 5.56 Å². The Bertz CT molecular complexity index is 709. The van der Waals surface area contributed by atoms with E-state index in [2.05, 4.69) is 4.98 Å². The highest BCUT2D eigenvalue weighted by Gasteiger charge is 2.12. The zero-order valence-corrected chi connectivity index (χ0v) is 13.3. The fourth-order valence-electron chi connectivity index (χ4n) is 1.95. The molecule has 1 N–H and O–H groups in total. The van der Waals surface area contributed by atoms with E-state index < -0.39 is 0 Å². The van der Waals surface area contributed by atoms with E-state index in [-0.39, 0.29) is 29.2 Å². The number of unbranched alkanes of at least 4 members (excludes halogenated alkanes) is 1. The summed E-state index contributed by atoms with van der Waals surface area (Å²) in [4.78, 5) is 28.1. The van der Waals surface area contributed by atoms with Crippen LogP contribution in [-0.2, 0) is 11.3 Å². The number of halogens is 1. The van der Waals surface area contributed by atoms with Crippen LogP contribution in [0.4, 0.5) is 0 Å². The van der Waals surface area contributed by atoms with Crippen LogP contribution >= 0.6 is 22.6 Å². The van der Waals surface area contributed by atoms with E-state index >= 15 is 0 Å². The zero-order valence-electron chi connectivity index (χ0n) is 11.1. The van der Waals surface area contributed by atoms with Gasteiger partial charge in [-0.25, -0.2) is 4.98 Å². The molecule has 0 aliphatic carbocycles. The molecule has 0 aliphatic heterocycles. The van der Waals surface area contributed by atoms with Crippen molar-refractivity contribution in [3.63, 3.8) is 0 Å². The number of phenols is 1. The van der Waals surface area contributed by atoms with Crippen LogP contribution in [0.15, 0.2) is 23.3 Å². The molecule has 0 aliphatic rings. The van der Waals surface area contributed by atoms with Crippen LogP contribution in [0, 0.1) is 3.57 Å². The van der Waals surface area contributed by atoms with Gasteiger partial charge >= 0.3 is 0 Å². The van der Waals surface area contributed by atoms with Gasteiger partial charge in [0.1, 0.15) is 5.52 Å². The smallest absolute Gasteiger partial charge is 0.261 e. The molecule has 0 radical (unpaired) electrons. The van der Waals surface area contributed by atoms with E-state index in [4.69, 9.17) is 0 Å². The highest BCUT2D eigenvalue weighted by atomic mass is 127. The summed E-state index contributed by atoms with van der Waals surface area (Å²) in [5.74, 6) is 0.0227. The summed E-state index contributed by atoms with van der Waals surface area (Å²) >= 11 is 1.97. The first kappa shape index (κ1) is 15.0. The predicted molar refractivity (Wildman–Crippen MR) is 84.9 cm³/mol. The number of fused-ring (bicyclic) bond motifs is 1. The van der Waals surface area contributed by atoms with Crippen molar-refractivity contribution < 1.29 is 9.90 Å². The molecule has 1 heterocycles. The van der Waals surface area contributed by atoms with Gasteiger partial charge in [0.15, 0.2) is 11.5 Å². The Balaban J connectivity index is 2.38. The number of carbonyl (C=O) groups excluding carboxylic acids is 1. The number of aromatic hydroxyl groups is 1. The number of carbonyl (C=O) groups is 1. The number of Topliss-reactive ketones (excluding diaryl/α,β-unsaturated/α-hetero) is 1. The minimum atomic E-state index is -0.299. The van der Waals surface area contributed by atoms with Crippen LogP contribution in [-0.4, -0.2) is 20.4 Å². The van der Waals surface area contributed by atoms with E-state index in [0.29, 0.717) is 15.4 Å². The molecule has 0 unspecified atom stereocenters. The minimum absolute atomic E-state index is 0.00431. The Labute approximate surface area is 129 Å². The lowest BCUT2D eigenvalue weighted by Gasteiger charge is -2.07. The molecular weight excluding hydrogens is 371 g/mol. The Morgan fingerprint density at radius 3 is 2.90 bits per heavy atom. The topological polar surface area (TPSA) is 72.2 Å². The average molecular weight is 386 g/mol. The Hall–Kier alpha value is -1.44. The molecule has 0 spiro atoms. The molecule has 2 aromatic rings. The summed E-state index contributed by atoms with van der Waals surface area (Å²) in [5, 5.41) is 10.2. The van der Waals surface area contributed by atoms with E-state index in [0.717, 1.165) is 12.8 Å². The van der Waals surface area contributed by atoms with Gasteiger partial charge in [0.2, 0.25) is 0 Å². The third-order valence-corrected chi connectivity index (χ3v) is 3.95. The van der Waals surface area contributed by atoms with Gasteiger partial charge in [-0.2, -0.15) is 0 Å². The van der Waals surface area contributed by atoms with Crippen LogP contribution in [0.1, 0.15) is 26.2 Å². The Kier molecular flexibility index (Phi) is 4.74. The summed E-state index contributed by atoms with van der Waals surface area (Å²) < 4.78 is 1.94. The van der Waals surface area contributed by atoms with E-state index in [1.54, 1.807) is 12.1 Å². The van der Waals surface area contributed by atoms with Crippen molar-refractivity contribution >= 4 is 39.3 Å². The van der Waals surface area contributed by atoms with E-state index in [1.807, 2.05) is 29.5 Å². The minimum Gasteiger partial charge on any atom is -0.505 e.